The van der Waals surface area contributed by atoms with Crippen molar-refractivity contribution in [2.45, 2.75) is 26.2 Å². The van der Waals surface area contributed by atoms with E-state index in [1.807, 2.05) is 31.2 Å². The smallest absolute Gasteiger partial charge is 0.231 e. The van der Waals surface area contributed by atoms with Crippen LogP contribution in [0.15, 0.2) is 24.3 Å². The van der Waals surface area contributed by atoms with Crippen molar-refractivity contribution in [3.05, 3.63) is 24.3 Å². The van der Waals surface area contributed by atoms with Crippen LogP contribution in [-0.4, -0.2) is 52.9 Å². The van der Waals surface area contributed by atoms with Gasteiger partial charge in [-0.15, -0.1) is 0 Å². The number of aromatic nitrogens is 2. The summed E-state index contributed by atoms with van der Waals surface area (Å²) in [5.41, 5.74) is 1.57. The lowest BCUT2D eigenvalue weighted by molar-refractivity contribution is -0.128. The van der Waals surface area contributed by atoms with Crippen molar-refractivity contribution in [1.29, 1.82) is 0 Å². The first kappa shape index (κ1) is 16.8. The minimum absolute atomic E-state index is 0.0389. The van der Waals surface area contributed by atoms with Crippen LogP contribution in [-0.2, 0) is 9.59 Å². The number of hydrogen-bond donors (Lipinski definition) is 1. The molecule has 3 heterocycles. The Morgan fingerprint density at radius 2 is 1.88 bits per heavy atom. The van der Waals surface area contributed by atoms with Crippen LogP contribution in [0.25, 0.3) is 11.0 Å². The third kappa shape index (κ3) is 3.09. The summed E-state index contributed by atoms with van der Waals surface area (Å²) in [6.45, 7) is 4.87. The van der Waals surface area contributed by atoms with Gasteiger partial charge in [0.15, 0.2) is 11.6 Å². The van der Waals surface area contributed by atoms with Crippen molar-refractivity contribution in [3.63, 3.8) is 0 Å². The van der Waals surface area contributed by atoms with Crippen LogP contribution in [0.2, 0.25) is 0 Å². The van der Waals surface area contributed by atoms with Gasteiger partial charge in [-0.1, -0.05) is 12.1 Å². The predicted octanol–water partition coefficient (Wildman–Crippen LogP) is 2.04. The Labute approximate surface area is 152 Å². The fourth-order valence-corrected chi connectivity index (χ4v) is 3.70. The highest BCUT2D eigenvalue weighted by atomic mass is 16.2. The number of likely N-dealkylation sites (tertiary alicyclic amines) is 1. The first-order chi connectivity index (χ1) is 12.7. The molecule has 1 N–H and O–H groups in total. The standard InChI is InChI=1S/C19H23N5O2/c1-2-23-12-13(11-16(23)25)19(26)22-17-18(24-9-5-6-10-24)21-15-8-4-3-7-14(15)20-17/h3-4,7-8,13H,2,5-6,9-12H2,1H3,(H,20,22,26). The molecule has 2 amide bonds. The average molecular weight is 353 g/mol. The minimum Gasteiger partial charge on any atom is -0.354 e. The lowest BCUT2D eigenvalue weighted by Crippen LogP contribution is -2.29. The SMILES string of the molecule is CCN1CC(C(=O)Nc2nc3ccccc3nc2N2CCCC2)CC1=O. The maximum absolute atomic E-state index is 12.7. The Kier molecular flexibility index (Phi) is 4.44. The van der Waals surface area contributed by atoms with E-state index >= 15 is 0 Å². The van der Waals surface area contributed by atoms with Crippen LogP contribution in [0.3, 0.4) is 0 Å². The maximum Gasteiger partial charge on any atom is 0.231 e. The van der Waals surface area contributed by atoms with Crippen molar-refractivity contribution < 1.29 is 9.59 Å². The van der Waals surface area contributed by atoms with E-state index in [0.29, 0.717) is 18.9 Å². The zero-order valence-electron chi connectivity index (χ0n) is 14.9. The van der Waals surface area contributed by atoms with E-state index < -0.39 is 0 Å². The molecule has 2 fully saturated rings. The van der Waals surface area contributed by atoms with Crippen molar-refractivity contribution in [3.8, 4) is 0 Å². The molecule has 136 valence electrons. The number of anilines is 2. The maximum atomic E-state index is 12.7. The van der Waals surface area contributed by atoms with Crippen LogP contribution in [0.5, 0.6) is 0 Å². The Morgan fingerprint density at radius 3 is 2.54 bits per heavy atom. The molecule has 7 heteroatoms. The van der Waals surface area contributed by atoms with Crippen LogP contribution >= 0.6 is 0 Å². The number of nitrogens with zero attached hydrogens (tertiary/aromatic N) is 4. The zero-order valence-corrected chi connectivity index (χ0v) is 14.9. The van der Waals surface area contributed by atoms with Gasteiger partial charge in [0.2, 0.25) is 11.8 Å². The Morgan fingerprint density at radius 1 is 1.19 bits per heavy atom. The topological polar surface area (TPSA) is 78.4 Å². The van der Waals surface area contributed by atoms with E-state index in [9.17, 15) is 9.59 Å². The molecule has 2 saturated heterocycles. The highest BCUT2D eigenvalue weighted by molar-refractivity contribution is 5.99. The summed E-state index contributed by atoms with van der Waals surface area (Å²) in [5.74, 6) is 0.780. The number of rotatable bonds is 4. The van der Waals surface area contributed by atoms with Crippen molar-refractivity contribution in [2.24, 2.45) is 5.92 Å². The number of hydrogen-bond acceptors (Lipinski definition) is 5. The molecule has 7 nitrogen and oxygen atoms in total. The monoisotopic (exact) mass is 353 g/mol. The fraction of sp³-hybridized carbons (Fsp3) is 0.474. The number of para-hydroxylation sites is 2. The van der Waals surface area contributed by atoms with Gasteiger partial charge in [-0.3, -0.25) is 9.59 Å². The summed E-state index contributed by atoms with van der Waals surface area (Å²) >= 11 is 0. The first-order valence-electron chi connectivity index (χ1n) is 9.26. The Hall–Kier alpha value is -2.70. The van der Waals surface area contributed by atoms with Gasteiger partial charge in [0.1, 0.15) is 0 Å². The normalized spacial score (nSPS) is 20.2. The van der Waals surface area contributed by atoms with Gasteiger partial charge in [-0.2, -0.15) is 0 Å². The molecule has 2 aliphatic heterocycles. The van der Waals surface area contributed by atoms with Gasteiger partial charge in [-0.25, -0.2) is 9.97 Å². The molecule has 1 aromatic heterocycles. The summed E-state index contributed by atoms with van der Waals surface area (Å²) in [4.78, 5) is 38.0. The third-order valence-electron chi connectivity index (χ3n) is 5.17. The Bertz CT molecular complexity index is 847. The van der Waals surface area contributed by atoms with E-state index in [1.165, 1.54) is 0 Å². The highest BCUT2D eigenvalue weighted by Gasteiger charge is 2.34. The second-order valence-electron chi connectivity index (χ2n) is 6.90. The fourth-order valence-electron chi connectivity index (χ4n) is 3.70. The number of carbonyl (C=O) groups is 2. The molecule has 2 aromatic rings. The quantitative estimate of drug-likeness (QED) is 0.910. The van der Waals surface area contributed by atoms with Gasteiger partial charge in [0.25, 0.3) is 0 Å². The average Bonchev–Trinajstić information content (AvgIpc) is 3.30. The lowest BCUT2D eigenvalue weighted by Gasteiger charge is -2.21. The molecule has 0 bridgehead atoms. The molecule has 0 spiro atoms. The predicted molar refractivity (Wildman–Crippen MR) is 100.0 cm³/mol. The third-order valence-corrected chi connectivity index (χ3v) is 5.17. The van der Waals surface area contributed by atoms with Gasteiger partial charge in [-0.05, 0) is 31.9 Å². The molecule has 1 aromatic carbocycles. The van der Waals surface area contributed by atoms with E-state index in [0.717, 1.165) is 42.8 Å². The largest absolute Gasteiger partial charge is 0.354 e. The minimum atomic E-state index is -0.331. The van der Waals surface area contributed by atoms with E-state index in [1.54, 1.807) is 4.90 Å². The number of nitrogens with one attached hydrogen (secondary N) is 1. The van der Waals surface area contributed by atoms with Crippen molar-refractivity contribution in [2.75, 3.05) is 36.4 Å². The molecule has 4 rings (SSSR count). The highest BCUT2D eigenvalue weighted by Crippen LogP contribution is 2.29. The summed E-state index contributed by atoms with van der Waals surface area (Å²) in [5, 5.41) is 2.95. The second-order valence-corrected chi connectivity index (χ2v) is 6.90. The van der Waals surface area contributed by atoms with Gasteiger partial charge >= 0.3 is 0 Å². The van der Waals surface area contributed by atoms with Crippen LogP contribution in [0.1, 0.15) is 26.2 Å². The molecular formula is C19H23N5O2. The molecule has 0 aliphatic carbocycles. The summed E-state index contributed by atoms with van der Waals surface area (Å²) in [6.07, 6.45) is 2.49. The van der Waals surface area contributed by atoms with E-state index in [4.69, 9.17) is 4.98 Å². The molecule has 2 aliphatic rings. The van der Waals surface area contributed by atoms with Gasteiger partial charge < -0.3 is 15.1 Å². The van der Waals surface area contributed by atoms with Crippen molar-refractivity contribution >= 4 is 34.5 Å². The molecule has 26 heavy (non-hydrogen) atoms. The van der Waals surface area contributed by atoms with Crippen molar-refractivity contribution in [1.82, 2.24) is 14.9 Å². The number of carbonyl (C=O) groups excluding carboxylic acids is 2. The summed E-state index contributed by atoms with van der Waals surface area (Å²) < 4.78 is 0. The molecule has 1 unspecified atom stereocenters. The molecular weight excluding hydrogens is 330 g/mol. The van der Waals surface area contributed by atoms with E-state index in [-0.39, 0.29) is 24.2 Å². The number of fused-ring (bicyclic) bond motifs is 1. The Balaban J connectivity index is 1.63. The molecule has 0 radical (unpaired) electrons. The number of amides is 2. The van der Waals surface area contributed by atoms with Crippen LogP contribution in [0, 0.1) is 5.92 Å². The van der Waals surface area contributed by atoms with Gasteiger partial charge in [0, 0.05) is 32.6 Å². The zero-order chi connectivity index (χ0) is 18.1. The summed E-state index contributed by atoms with van der Waals surface area (Å²) in [6, 6.07) is 7.67. The van der Waals surface area contributed by atoms with Crippen LogP contribution < -0.4 is 10.2 Å². The van der Waals surface area contributed by atoms with Gasteiger partial charge in [0.05, 0.1) is 17.0 Å². The molecule has 0 saturated carbocycles. The number of benzene rings is 1. The van der Waals surface area contributed by atoms with Crippen LogP contribution in [0.4, 0.5) is 11.6 Å². The summed E-state index contributed by atoms with van der Waals surface area (Å²) in [7, 11) is 0. The molecule has 1 atom stereocenters. The van der Waals surface area contributed by atoms with E-state index in [2.05, 4.69) is 15.2 Å². The first-order valence-corrected chi connectivity index (χ1v) is 9.26. The second kappa shape index (κ2) is 6.90. The lowest BCUT2D eigenvalue weighted by atomic mass is 10.1.